The minimum Gasteiger partial charge on any atom is -0.497 e. The summed E-state index contributed by atoms with van der Waals surface area (Å²) in [5, 5.41) is 3.36. The number of nitrogens with one attached hydrogen (secondary N) is 1. The molecule has 1 aromatic rings. The van der Waals surface area contributed by atoms with E-state index in [2.05, 4.69) is 5.32 Å². The van der Waals surface area contributed by atoms with Gasteiger partial charge in [-0.25, -0.2) is 0 Å². The molecule has 0 saturated carbocycles. The lowest BCUT2D eigenvalue weighted by Crippen LogP contribution is -2.17. The van der Waals surface area contributed by atoms with E-state index >= 15 is 0 Å². The predicted octanol–water partition coefficient (Wildman–Crippen LogP) is 2.82. The van der Waals surface area contributed by atoms with Crippen LogP contribution in [0, 0.1) is 0 Å². The van der Waals surface area contributed by atoms with Crippen LogP contribution in [0.2, 0.25) is 0 Å². The van der Waals surface area contributed by atoms with E-state index in [4.69, 9.17) is 21.7 Å². The second-order valence-corrected chi connectivity index (χ2v) is 3.68. The summed E-state index contributed by atoms with van der Waals surface area (Å²) in [6.45, 7) is 3.87. The van der Waals surface area contributed by atoms with Crippen molar-refractivity contribution in [2.24, 2.45) is 0 Å². The first kappa shape index (κ1) is 11.8. The van der Waals surface area contributed by atoms with Crippen LogP contribution in [0.25, 0.3) is 0 Å². The standard InChI is InChI=1S/C11H15NO2S/c1-8(2)14-11(15)12-9-4-6-10(13-3)7-5-9/h4-8H,1-3H3,(H,12,15). The van der Waals surface area contributed by atoms with Gasteiger partial charge >= 0.3 is 0 Å². The van der Waals surface area contributed by atoms with Gasteiger partial charge < -0.3 is 14.8 Å². The molecule has 0 aliphatic rings. The Kier molecular flexibility index (Phi) is 4.37. The van der Waals surface area contributed by atoms with Crippen molar-refractivity contribution in [2.75, 3.05) is 12.4 Å². The van der Waals surface area contributed by atoms with Crippen LogP contribution in [0.5, 0.6) is 5.75 Å². The van der Waals surface area contributed by atoms with Crippen molar-refractivity contribution in [3.8, 4) is 5.75 Å². The number of anilines is 1. The molecular weight excluding hydrogens is 210 g/mol. The summed E-state index contributed by atoms with van der Waals surface area (Å²) in [6, 6.07) is 7.49. The molecule has 0 bridgehead atoms. The zero-order valence-electron chi connectivity index (χ0n) is 9.11. The van der Waals surface area contributed by atoms with Crippen molar-refractivity contribution < 1.29 is 9.47 Å². The highest BCUT2D eigenvalue weighted by Gasteiger charge is 2.01. The van der Waals surface area contributed by atoms with Crippen LogP contribution in [-0.2, 0) is 4.74 Å². The zero-order chi connectivity index (χ0) is 11.3. The first-order valence-corrected chi connectivity index (χ1v) is 5.14. The summed E-state index contributed by atoms with van der Waals surface area (Å²) < 4.78 is 10.3. The summed E-state index contributed by atoms with van der Waals surface area (Å²) in [7, 11) is 1.63. The van der Waals surface area contributed by atoms with Crippen LogP contribution in [-0.4, -0.2) is 18.4 Å². The molecule has 0 aromatic heterocycles. The van der Waals surface area contributed by atoms with E-state index in [0.29, 0.717) is 5.17 Å². The summed E-state index contributed by atoms with van der Waals surface area (Å²) in [6.07, 6.45) is 0.0863. The van der Waals surface area contributed by atoms with Crippen LogP contribution >= 0.6 is 12.2 Å². The Morgan fingerprint density at radius 1 is 1.27 bits per heavy atom. The first-order chi connectivity index (χ1) is 7.11. The Balaban J connectivity index is 2.53. The Bertz CT molecular complexity index is 322. The van der Waals surface area contributed by atoms with Gasteiger partial charge in [0, 0.05) is 5.69 Å². The van der Waals surface area contributed by atoms with Crippen molar-refractivity contribution in [1.29, 1.82) is 0 Å². The van der Waals surface area contributed by atoms with Gasteiger partial charge in [-0.15, -0.1) is 0 Å². The second kappa shape index (κ2) is 5.56. The lowest BCUT2D eigenvalue weighted by atomic mass is 10.3. The van der Waals surface area contributed by atoms with Gasteiger partial charge in [-0.05, 0) is 50.3 Å². The first-order valence-electron chi connectivity index (χ1n) is 4.73. The van der Waals surface area contributed by atoms with Crippen LogP contribution in [0.3, 0.4) is 0 Å². The average Bonchev–Trinajstić information content (AvgIpc) is 2.17. The highest BCUT2D eigenvalue weighted by Crippen LogP contribution is 2.15. The fourth-order valence-corrected chi connectivity index (χ4v) is 1.35. The summed E-state index contributed by atoms with van der Waals surface area (Å²) in [4.78, 5) is 0. The third kappa shape index (κ3) is 4.16. The second-order valence-electron chi connectivity index (χ2n) is 3.31. The minimum absolute atomic E-state index is 0.0863. The van der Waals surface area contributed by atoms with E-state index in [0.717, 1.165) is 11.4 Å². The molecule has 0 fully saturated rings. The van der Waals surface area contributed by atoms with Gasteiger partial charge in [0.15, 0.2) is 0 Å². The fraction of sp³-hybridized carbons (Fsp3) is 0.364. The van der Waals surface area contributed by atoms with Crippen molar-refractivity contribution in [2.45, 2.75) is 20.0 Å². The number of rotatable bonds is 3. The van der Waals surface area contributed by atoms with Crippen molar-refractivity contribution >= 4 is 23.1 Å². The monoisotopic (exact) mass is 225 g/mol. The average molecular weight is 225 g/mol. The number of benzene rings is 1. The molecule has 0 amide bonds. The maximum atomic E-state index is 5.30. The molecule has 0 aliphatic heterocycles. The highest BCUT2D eigenvalue weighted by molar-refractivity contribution is 7.80. The van der Waals surface area contributed by atoms with Crippen molar-refractivity contribution in [3.63, 3.8) is 0 Å². The SMILES string of the molecule is COc1ccc(NC(=S)OC(C)C)cc1. The fourth-order valence-electron chi connectivity index (χ4n) is 1.04. The van der Waals surface area contributed by atoms with Crippen LogP contribution in [0.15, 0.2) is 24.3 Å². The maximum Gasteiger partial charge on any atom is 0.261 e. The number of hydrogen-bond donors (Lipinski definition) is 1. The molecule has 0 saturated heterocycles. The Morgan fingerprint density at radius 3 is 2.33 bits per heavy atom. The molecule has 15 heavy (non-hydrogen) atoms. The molecular formula is C11H15NO2S. The van der Waals surface area contributed by atoms with E-state index in [-0.39, 0.29) is 6.10 Å². The van der Waals surface area contributed by atoms with Crippen molar-refractivity contribution in [3.05, 3.63) is 24.3 Å². The molecule has 1 aromatic carbocycles. The molecule has 0 spiro atoms. The van der Waals surface area contributed by atoms with Crippen molar-refractivity contribution in [1.82, 2.24) is 0 Å². The third-order valence-electron chi connectivity index (χ3n) is 1.68. The Hall–Kier alpha value is -1.29. The molecule has 4 heteroatoms. The molecule has 0 atom stereocenters. The largest absolute Gasteiger partial charge is 0.497 e. The van der Waals surface area contributed by atoms with Gasteiger partial charge in [0.25, 0.3) is 5.17 Å². The van der Waals surface area contributed by atoms with E-state index < -0.39 is 0 Å². The summed E-state index contributed by atoms with van der Waals surface area (Å²) >= 11 is 5.01. The predicted molar refractivity (Wildman–Crippen MR) is 65.4 cm³/mol. The molecule has 82 valence electrons. The van der Waals surface area contributed by atoms with Gasteiger partial charge in [-0.2, -0.15) is 0 Å². The molecule has 3 nitrogen and oxygen atoms in total. The van der Waals surface area contributed by atoms with E-state index in [9.17, 15) is 0 Å². The smallest absolute Gasteiger partial charge is 0.261 e. The van der Waals surface area contributed by atoms with E-state index in [1.165, 1.54) is 0 Å². The van der Waals surface area contributed by atoms with Crippen LogP contribution in [0.4, 0.5) is 5.69 Å². The van der Waals surface area contributed by atoms with Gasteiger partial charge in [0.05, 0.1) is 13.2 Å². The molecule has 1 N–H and O–H groups in total. The summed E-state index contributed by atoms with van der Waals surface area (Å²) in [5.41, 5.74) is 0.890. The summed E-state index contributed by atoms with van der Waals surface area (Å²) in [5.74, 6) is 0.816. The normalized spacial score (nSPS) is 9.87. The molecule has 0 unspecified atom stereocenters. The van der Waals surface area contributed by atoms with Gasteiger partial charge in [-0.3, -0.25) is 0 Å². The Morgan fingerprint density at radius 2 is 1.87 bits per heavy atom. The highest BCUT2D eigenvalue weighted by atomic mass is 32.1. The molecule has 0 heterocycles. The number of hydrogen-bond acceptors (Lipinski definition) is 3. The number of thiocarbonyl (C=S) groups is 1. The van der Waals surface area contributed by atoms with E-state index in [1.807, 2.05) is 38.1 Å². The Labute approximate surface area is 95.4 Å². The molecule has 1 rings (SSSR count). The quantitative estimate of drug-likeness (QED) is 0.801. The number of ether oxygens (including phenoxy) is 2. The molecule has 0 radical (unpaired) electrons. The van der Waals surface area contributed by atoms with Gasteiger partial charge in [-0.1, -0.05) is 0 Å². The van der Waals surface area contributed by atoms with Crippen LogP contribution < -0.4 is 10.1 Å². The lowest BCUT2D eigenvalue weighted by molar-refractivity contribution is 0.235. The topological polar surface area (TPSA) is 30.5 Å². The van der Waals surface area contributed by atoms with Crippen LogP contribution in [0.1, 0.15) is 13.8 Å². The molecule has 0 aliphatic carbocycles. The van der Waals surface area contributed by atoms with Gasteiger partial charge in [0.1, 0.15) is 5.75 Å². The van der Waals surface area contributed by atoms with E-state index in [1.54, 1.807) is 7.11 Å². The maximum absolute atomic E-state index is 5.30. The third-order valence-corrected chi connectivity index (χ3v) is 1.88. The minimum atomic E-state index is 0.0863. The zero-order valence-corrected chi connectivity index (χ0v) is 9.93. The van der Waals surface area contributed by atoms with Gasteiger partial charge in [0.2, 0.25) is 0 Å². The number of methoxy groups -OCH3 is 1. The lowest BCUT2D eigenvalue weighted by Gasteiger charge is -2.12.